The maximum absolute atomic E-state index is 13.7. The third-order valence-corrected chi connectivity index (χ3v) is 8.67. The minimum Gasteiger partial charge on any atom is -0.495 e. The Labute approximate surface area is 274 Å². The first-order chi connectivity index (χ1) is 21.9. The van der Waals surface area contributed by atoms with E-state index < -0.39 is 17.1 Å². The van der Waals surface area contributed by atoms with Crippen LogP contribution in [0.15, 0.2) is 131 Å². The minimum atomic E-state index is -0.639. The maximum atomic E-state index is 13.7. The first-order valence-corrected chi connectivity index (χ1v) is 16.0. The van der Waals surface area contributed by atoms with Crippen molar-refractivity contribution in [2.75, 3.05) is 17.7 Å². The molecule has 0 saturated heterocycles. The average Bonchev–Trinajstić information content (AvgIpc) is 3.57. The molecule has 0 bridgehead atoms. The van der Waals surface area contributed by atoms with E-state index in [2.05, 4.69) is 16.0 Å². The van der Waals surface area contributed by atoms with Gasteiger partial charge in [-0.05, 0) is 82.6 Å². The second-order valence-electron chi connectivity index (χ2n) is 9.66. The van der Waals surface area contributed by atoms with Crippen LogP contribution >= 0.6 is 34.7 Å². The van der Waals surface area contributed by atoms with Crippen molar-refractivity contribution in [1.82, 2.24) is 5.32 Å². The van der Waals surface area contributed by atoms with Gasteiger partial charge in [-0.2, -0.15) is 11.3 Å². The third-order valence-electron chi connectivity index (χ3n) is 6.49. The molecule has 0 aliphatic carbocycles. The Hall–Kier alpha value is -4.83. The van der Waals surface area contributed by atoms with Crippen molar-refractivity contribution in [3.63, 3.8) is 0 Å². The van der Waals surface area contributed by atoms with Crippen LogP contribution in [-0.4, -0.2) is 24.8 Å². The highest BCUT2D eigenvalue weighted by Crippen LogP contribution is 2.38. The molecule has 1 unspecified atom stereocenters. The molecule has 3 N–H and O–H groups in total. The van der Waals surface area contributed by atoms with Gasteiger partial charge in [0.2, 0.25) is 5.91 Å². The number of rotatable bonds is 11. The van der Waals surface area contributed by atoms with Gasteiger partial charge in [0.05, 0.1) is 12.8 Å². The van der Waals surface area contributed by atoms with E-state index in [0.717, 1.165) is 16.0 Å². The summed E-state index contributed by atoms with van der Waals surface area (Å²) < 4.78 is 5.41. The largest absolute Gasteiger partial charge is 0.495 e. The minimum absolute atomic E-state index is 0.0947. The van der Waals surface area contributed by atoms with Crippen molar-refractivity contribution in [3.05, 3.63) is 147 Å². The summed E-state index contributed by atoms with van der Waals surface area (Å²) in [4.78, 5) is 40.8. The lowest BCUT2D eigenvalue weighted by atomic mass is 10.1. The molecule has 7 nitrogen and oxygen atoms in total. The van der Waals surface area contributed by atoms with E-state index >= 15 is 0 Å². The number of nitrogens with one attached hydrogen (secondary N) is 3. The number of halogens is 1. The van der Waals surface area contributed by atoms with Gasteiger partial charge >= 0.3 is 0 Å². The smallest absolute Gasteiger partial charge is 0.272 e. The molecule has 0 spiro atoms. The molecule has 0 aliphatic heterocycles. The monoisotopic (exact) mass is 653 g/mol. The van der Waals surface area contributed by atoms with Crippen LogP contribution in [0.3, 0.4) is 0 Å². The third kappa shape index (κ3) is 8.63. The number of carbonyl (C=O) groups excluding carboxylic acids is 3. The van der Waals surface area contributed by atoms with Gasteiger partial charge in [0, 0.05) is 21.2 Å². The molecule has 5 aromatic rings. The summed E-state index contributed by atoms with van der Waals surface area (Å²) in [5.74, 6) is -0.673. The maximum Gasteiger partial charge on any atom is 0.272 e. The van der Waals surface area contributed by atoms with Crippen LogP contribution in [0.4, 0.5) is 11.4 Å². The molecule has 0 fully saturated rings. The lowest BCUT2D eigenvalue weighted by molar-refractivity contribution is -0.116. The summed E-state index contributed by atoms with van der Waals surface area (Å²) in [6.45, 7) is 0. The fraction of sp³-hybridized carbons (Fsp3) is 0.0571. The second-order valence-corrected chi connectivity index (χ2v) is 12.1. The number of thiophene rings is 1. The molecule has 45 heavy (non-hydrogen) atoms. The van der Waals surface area contributed by atoms with Crippen LogP contribution in [-0.2, 0) is 9.59 Å². The highest BCUT2D eigenvalue weighted by Gasteiger charge is 2.24. The van der Waals surface area contributed by atoms with E-state index in [4.69, 9.17) is 16.3 Å². The Kier molecular flexibility index (Phi) is 10.7. The predicted octanol–water partition coefficient (Wildman–Crippen LogP) is 8.29. The van der Waals surface area contributed by atoms with E-state index in [1.165, 1.54) is 30.2 Å². The number of benzene rings is 4. The topological polar surface area (TPSA) is 96.5 Å². The lowest BCUT2D eigenvalue weighted by Crippen LogP contribution is -2.30. The molecule has 0 aliphatic rings. The van der Waals surface area contributed by atoms with Crippen LogP contribution in [0.25, 0.3) is 6.08 Å². The molecular weight excluding hydrogens is 626 g/mol. The number of hydrogen-bond donors (Lipinski definition) is 3. The van der Waals surface area contributed by atoms with Crippen LogP contribution in [0, 0.1) is 0 Å². The number of carbonyl (C=O) groups is 3. The number of amides is 3. The number of methoxy groups -OCH3 is 1. The average molecular weight is 654 g/mol. The van der Waals surface area contributed by atoms with E-state index in [1.54, 1.807) is 66.7 Å². The zero-order chi connectivity index (χ0) is 31.6. The first kappa shape index (κ1) is 31.6. The number of anilines is 2. The van der Waals surface area contributed by atoms with Crippen molar-refractivity contribution < 1.29 is 19.1 Å². The van der Waals surface area contributed by atoms with Crippen LogP contribution in [0.1, 0.15) is 26.7 Å². The van der Waals surface area contributed by atoms with Gasteiger partial charge < -0.3 is 20.7 Å². The molecule has 226 valence electrons. The molecule has 0 saturated carbocycles. The Balaban J connectivity index is 1.37. The van der Waals surface area contributed by atoms with Gasteiger partial charge in [0.1, 0.15) is 16.7 Å². The van der Waals surface area contributed by atoms with Crippen molar-refractivity contribution in [3.8, 4) is 5.75 Å². The summed E-state index contributed by atoms with van der Waals surface area (Å²) in [6.07, 6.45) is 1.63. The number of ether oxygens (including phenoxy) is 1. The molecule has 10 heteroatoms. The molecule has 5 rings (SSSR count). The summed E-state index contributed by atoms with van der Waals surface area (Å²) >= 11 is 9.00. The molecule has 1 heterocycles. The van der Waals surface area contributed by atoms with E-state index in [9.17, 15) is 14.4 Å². The van der Waals surface area contributed by atoms with Gasteiger partial charge in [-0.1, -0.05) is 66.2 Å². The first-order valence-electron chi connectivity index (χ1n) is 13.8. The lowest BCUT2D eigenvalue weighted by Gasteiger charge is -2.19. The summed E-state index contributed by atoms with van der Waals surface area (Å²) in [6, 6.07) is 32.2. The molecule has 1 atom stereocenters. The summed E-state index contributed by atoms with van der Waals surface area (Å²) in [5, 5.41) is 12.2. The summed E-state index contributed by atoms with van der Waals surface area (Å²) in [7, 11) is 1.52. The molecule has 4 aromatic carbocycles. The van der Waals surface area contributed by atoms with E-state index in [-0.39, 0.29) is 11.6 Å². The normalized spacial score (nSPS) is 11.7. The highest BCUT2D eigenvalue weighted by molar-refractivity contribution is 8.00. The molecule has 3 amide bonds. The van der Waals surface area contributed by atoms with Crippen molar-refractivity contribution in [1.29, 1.82) is 0 Å². The Morgan fingerprint density at radius 1 is 0.867 bits per heavy atom. The predicted molar refractivity (Wildman–Crippen MR) is 183 cm³/mol. The van der Waals surface area contributed by atoms with Crippen LogP contribution in [0.2, 0.25) is 5.02 Å². The van der Waals surface area contributed by atoms with Crippen LogP contribution in [0.5, 0.6) is 5.75 Å². The zero-order valence-corrected chi connectivity index (χ0v) is 26.4. The number of hydrogen-bond acceptors (Lipinski definition) is 6. The fourth-order valence-electron chi connectivity index (χ4n) is 4.32. The molecular formula is C35H28ClN3O4S2. The van der Waals surface area contributed by atoms with Crippen molar-refractivity contribution in [2.45, 2.75) is 10.1 Å². The SMILES string of the molecule is COc1ccc(Cl)cc1NC(=O)C(Sc1cccc(NC(=O)/C(=C/c2ccsc2)NC(=O)c2ccccc2)c1)c1ccccc1. The van der Waals surface area contributed by atoms with E-state index in [0.29, 0.717) is 27.7 Å². The quantitative estimate of drug-likeness (QED) is 0.0985. The van der Waals surface area contributed by atoms with Gasteiger partial charge in [-0.15, -0.1) is 11.8 Å². The molecule has 0 radical (unpaired) electrons. The van der Waals surface area contributed by atoms with Gasteiger partial charge in [0.15, 0.2) is 0 Å². The van der Waals surface area contributed by atoms with Crippen molar-refractivity contribution in [2.24, 2.45) is 0 Å². The van der Waals surface area contributed by atoms with Gasteiger partial charge in [-0.3, -0.25) is 14.4 Å². The standard InChI is InChI=1S/C35H28ClN3O4S2/c1-43-31-16-15-26(36)20-29(31)38-35(42)32(24-9-4-2-5-10-24)45-28-14-8-13-27(21-28)37-34(41)30(19-23-17-18-44-22-23)39-33(40)25-11-6-3-7-12-25/h2-22,32H,1H3,(H,37,41)(H,38,42)(H,39,40)/b30-19-. The Morgan fingerprint density at radius 2 is 1.62 bits per heavy atom. The van der Waals surface area contributed by atoms with Gasteiger partial charge in [-0.25, -0.2) is 0 Å². The van der Waals surface area contributed by atoms with Crippen LogP contribution < -0.4 is 20.7 Å². The zero-order valence-electron chi connectivity index (χ0n) is 24.0. The fourth-order valence-corrected chi connectivity index (χ4v) is 6.20. The van der Waals surface area contributed by atoms with E-state index in [1.807, 2.05) is 59.3 Å². The molecule has 1 aromatic heterocycles. The summed E-state index contributed by atoms with van der Waals surface area (Å²) in [5.41, 5.74) is 3.06. The Morgan fingerprint density at radius 3 is 2.33 bits per heavy atom. The Bertz CT molecular complexity index is 1810. The van der Waals surface area contributed by atoms with Gasteiger partial charge in [0.25, 0.3) is 11.8 Å². The van der Waals surface area contributed by atoms with Crippen molar-refractivity contribution >= 4 is 69.9 Å². The highest BCUT2D eigenvalue weighted by atomic mass is 35.5. The second kappa shape index (κ2) is 15.3. The number of thioether (sulfide) groups is 1.